The molecule has 8 heteroatoms. The van der Waals surface area contributed by atoms with E-state index in [1.165, 1.54) is 0 Å². The van der Waals surface area contributed by atoms with Crippen molar-refractivity contribution >= 4 is 66.8 Å². The summed E-state index contributed by atoms with van der Waals surface area (Å²) in [5, 5.41) is 5.59. The predicted octanol–water partition coefficient (Wildman–Crippen LogP) is 6.95. The van der Waals surface area contributed by atoms with E-state index >= 15 is 0 Å². The monoisotopic (exact) mass is 558 g/mol. The Labute approximate surface area is 216 Å². The summed E-state index contributed by atoms with van der Waals surface area (Å²) in [5.74, 6) is 0.957. The van der Waals surface area contributed by atoms with Crippen LogP contribution < -0.4 is 11.1 Å². The predicted molar refractivity (Wildman–Crippen MR) is 144 cm³/mol. The van der Waals surface area contributed by atoms with Crippen LogP contribution in [0.3, 0.4) is 0 Å². The first-order valence-electron chi connectivity index (χ1n) is 11.5. The zero-order chi connectivity index (χ0) is 23.8. The third-order valence-corrected chi connectivity index (χ3v) is 8.18. The molecule has 0 unspecified atom stereocenters. The van der Waals surface area contributed by atoms with E-state index in [9.17, 15) is 4.79 Å². The maximum absolute atomic E-state index is 13.4. The van der Waals surface area contributed by atoms with Crippen LogP contribution in [0, 0.1) is 11.8 Å². The minimum absolute atomic E-state index is 0.131. The molecular weight excluding hydrogens is 535 g/mol. The lowest BCUT2D eigenvalue weighted by Crippen LogP contribution is -2.32. The number of fused-ring (bicyclic) bond motifs is 2. The van der Waals surface area contributed by atoms with Crippen molar-refractivity contribution in [1.29, 1.82) is 0 Å². The zero-order valence-electron chi connectivity index (χ0n) is 18.5. The van der Waals surface area contributed by atoms with E-state index in [0.29, 0.717) is 50.6 Å². The highest BCUT2D eigenvalue weighted by molar-refractivity contribution is 9.10. The van der Waals surface area contributed by atoms with Crippen LogP contribution >= 0.6 is 39.1 Å². The molecule has 1 aliphatic rings. The van der Waals surface area contributed by atoms with Crippen molar-refractivity contribution in [3.63, 3.8) is 0 Å². The van der Waals surface area contributed by atoms with Gasteiger partial charge in [0.1, 0.15) is 0 Å². The van der Waals surface area contributed by atoms with Gasteiger partial charge < -0.3 is 16.0 Å². The number of aromatic nitrogens is 2. The number of hydrogen-bond acceptors (Lipinski definition) is 3. The maximum Gasteiger partial charge on any atom is 0.252 e. The average molecular weight is 560 g/mol. The molecule has 4 aromatic rings. The lowest BCUT2D eigenvalue weighted by Gasteiger charge is -2.27. The fourth-order valence-electron chi connectivity index (χ4n) is 4.87. The first kappa shape index (κ1) is 23.6. The largest absolute Gasteiger partial charge is 0.360 e. The van der Waals surface area contributed by atoms with E-state index in [1.54, 1.807) is 6.07 Å². The van der Waals surface area contributed by atoms with Crippen LogP contribution in [0.1, 0.15) is 36.0 Å². The number of H-pyrrole nitrogens is 1. The number of benzene rings is 2. The summed E-state index contributed by atoms with van der Waals surface area (Å²) in [4.78, 5) is 21.5. The molecule has 0 atom stereocenters. The molecule has 5 nitrogen and oxygen atoms in total. The standard InChI is InChI=1S/C26H25BrCl2N4O/c27-16-5-8-22-18(9-16)20(13-31-22)23-10-19(17-6-7-21(28)24(29)25(17)33-23)26(34)32-12-15-3-1-14(11-30)2-4-15/h5-10,13-15,31H,1-4,11-12,30H2,(H,32,34). The van der Waals surface area contributed by atoms with Gasteiger partial charge in [-0.05, 0) is 74.4 Å². The summed E-state index contributed by atoms with van der Waals surface area (Å²) >= 11 is 16.4. The van der Waals surface area contributed by atoms with Crippen LogP contribution in [0.5, 0.6) is 0 Å². The second kappa shape index (κ2) is 9.86. The lowest BCUT2D eigenvalue weighted by atomic mass is 9.82. The Bertz CT molecular complexity index is 1380. The maximum atomic E-state index is 13.4. The van der Waals surface area contributed by atoms with Gasteiger partial charge in [-0.25, -0.2) is 4.98 Å². The SMILES string of the molecule is NCC1CCC(CNC(=O)c2cc(-c3c[nH]c4ccc(Br)cc34)nc3c(Cl)c(Cl)ccc23)CC1. The molecule has 2 aromatic carbocycles. The average Bonchev–Trinajstić information content (AvgIpc) is 3.27. The number of nitrogens with zero attached hydrogens (tertiary/aromatic N) is 1. The highest BCUT2D eigenvalue weighted by atomic mass is 79.9. The smallest absolute Gasteiger partial charge is 0.252 e. The van der Waals surface area contributed by atoms with Gasteiger partial charge >= 0.3 is 0 Å². The summed E-state index contributed by atoms with van der Waals surface area (Å²) in [6.07, 6.45) is 6.35. The molecule has 4 N–H and O–H groups in total. The van der Waals surface area contributed by atoms with Gasteiger partial charge in [0.2, 0.25) is 0 Å². The van der Waals surface area contributed by atoms with E-state index in [0.717, 1.165) is 53.2 Å². The van der Waals surface area contributed by atoms with E-state index in [2.05, 4.69) is 26.2 Å². The number of rotatable bonds is 5. The second-order valence-corrected chi connectivity index (χ2v) is 10.7. The van der Waals surface area contributed by atoms with Gasteiger partial charge in [0.05, 0.1) is 26.8 Å². The van der Waals surface area contributed by atoms with Crippen molar-refractivity contribution in [1.82, 2.24) is 15.3 Å². The number of pyridine rings is 1. The molecule has 0 spiro atoms. The number of aromatic amines is 1. The van der Waals surface area contributed by atoms with Gasteiger partial charge in [-0.2, -0.15) is 0 Å². The molecule has 0 saturated heterocycles. The highest BCUT2D eigenvalue weighted by Crippen LogP contribution is 2.36. The summed E-state index contributed by atoms with van der Waals surface area (Å²) in [5.41, 5.74) is 9.41. The molecule has 5 rings (SSSR count). The topological polar surface area (TPSA) is 83.8 Å². The highest BCUT2D eigenvalue weighted by Gasteiger charge is 2.22. The minimum Gasteiger partial charge on any atom is -0.360 e. The first-order chi connectivity index (χ1) is 16.4. The van der Waals surface area contributed by atoms with Crippen LogP contribution in [-0.4, -0.2) is 29.0 Å². The second-order valence-electron chi connectivity index (χ2n) is 9.04. The number of amides is 1. The van der Waals surface area contributed by atoms with Crippen LogP contribution in [-0.2, 0) is 0 Å². The van der Waals surface area contributed by atoms with Crippen molar-refractivity contribution in [3.8, 4) is 11.3 Å². The van der Waals surface area contributed by atoms with Gasteiger partial charge in [0, 0.05) is 39.1 Å². The first-order valence-corrected chi connectivity index (χ1v) is 13.0. The van der Waals surface area contributed by atoms with Gasteiger partial charge in [-0.1, -0.05) is 45.2 Å². The molecule has 1 aliphatic carbocycles. The van der Waals surface area contributed by atoms with Crippen LogP contribution in [0.4, 0.5) is 0 Å². The van der Waals surface area contributed by atoms with Crippen molar-refractivity contribution in [2.45, 2.75) is 25.7 Å². The molecule has 0 bridgehead atoms. The van der Waals surface area contributed by atoms with Gasteiger partial charge in [-0.15, -0.1) is 0 Å². The van der Waals surface area contributed by atoms with Crippen LogP contribution in [0.15, 0.2) is 47.1 Å². The van der Waals surface area contributed by atoms with Gasteiger partial charge in [-0.3, -0.25) is 4.79 Å². The number of nitrogens with one attached hydrogen (secondary N) is 2. The fourth-order valence-corrected chi connectivity index (χ4v) is 5.59. The fraction of sp³-hybridized carbons (Fsp3) is 0.308. The Balaban J connectivity index is 1.52. The molecule has 1 fully saturated rings. The van der Waals surface area contributed by atoms with Crippen molar-refractivity contribution in [3.05, 3.63) is 62.7 Å². The number of carbonyl (C=O) groups excluding carboxylic acids is 1. The molecule has 34 heavy (non-hydrogen) atoms. The van der Waals surface area contributed by atoms with E-state index in [-0.39, 0.29) is 5.91 Å². The molecule has 2 aromatic heterocycles. The van der Waals surface area contributed by atoms with Crippen LogP contribution in [0.25, 0.3) is 33.1 Å². The molecule has 176 valence electrons. The summed E-state index contributed by atoms with van der Waals surface area (Å²) in [7, 11) is 0. The molecule has 1 amide bonds. The number of carbonyl (C=O) groups is 1. The van der Waals surface area contributed by atoms with E-state index in [1.807, 2.05) is 36.5 Å². The molecule has 0 radical (unpaired) electrons. The zero-order valence-corrected chi connectivity index (χ0v) is 21.6. The molecule has 2 heterocycles. The van der Waals surface area contributed by atoms with E-state index < -0.39 is 0 Å². The minimum atomic E-state index is -0.131. The number of hydrogen-bond donors (Lipinski definition) is 3. The Morgan fingerprint density at radius 2 is 1.85 bits per heavy atom. The van der Waals surface area contributed by atoms with Crippen molar-refractivity contribution < 1.29 is 4.79 Å². The summed E-state index contributed by atoms with van der Waals surface area (Å²) in [6.45, 7) is 1.40. The number of halogens is 3. The summed E-state index contributed by atoms with van der Waals surface area (Å²) in [6, 6.07) is 11.4. The van der Waals surface area contributed by atoms with Gasteiger partial charge in [0.15, 0.2) is 0 Å². The number of nitrogens with two attached hydrogens (primary N) is 1. The summed E-state index contributed by atoms with van der Waals surface area (Å²) < 4.78 is 0.963. The quantitative estimate of drug-likeness (QED) is 0.247. The van der Waals surface area contributed by atoms with Crippen LogP contribution in [0.2, 0.25) is 10.0 Å². The van der Waals surface area contributed by atoms with Crippen molar-refractivity contribution in [2.24, 2.45) is 17.6 Å². The van der Waals surface area contributed by atoms with Crippen molar-refractivity contribution in [2.75, 3.05) is 13.1 Å². The van der Waals surface area contributed by atoms with E-state index in [4.69, 9.17) is 33.9 Å². The third-order valence-electron chi connectivity index (χ3n) is 6.89. The Morgan fingerprint density at radius 1 is 1.09 bits per heavy atom. The Kier molecular flexibility index (Phi) is 6.85. The van der Waals surface area contributed by atoms with Gasteiger partial charge in [0.25, 0.3) is 5.91 Å². The molecule has 0 aliphatic heterocycles. The lowest BCUT2D eigenvalue weighted by molar-refractivity contribution is 0.0943. The normalized spacial score (nSPS) is 18.5. The third kappa shape index (κ3) is 4.57. The Morgan fingerprint density at radius 3 is 2.62 bits per heavy atom. The molecule has 1 saturated carbocycles. The molecular formula is C26H25BrCl2N4O. The Hall–Kier alpha value is -2.12.